The minimum absolute atomic E-state index is 0.0769. The Kier molecular flexibility index (Phi) is 8.76. The van der Waals surface area contributed by atoms with Crippen molar-refractivity contribution in [3.63, 3.8) is 0 Å². The Bertz CT molecular complexity index is 809. The fourth-order valence-corrected chi connectivity index (χ4v) is 4.47. The van der Waals surface area contributed by atoms with E-state index in [1.165, 1.54) is 7.11 Å². The average molecular weight is 440 g/mol. The fourth-order valence-electron chi connectivity index (χ4n) is 4.47. The lowest BCUT2D eigenvalue weighted by Gasteiger charge is -2.30. The van der Waals surface area contributed by atoms with Crippen molar-refractivity contribution in [1.82, 2.24) is 9.80 Å². The van der Waals surface area contributed by atoms with Gasteiger partial charge in [0.2, 0.25) is 5.54 Å². The first-order chi connectivity index (χ1) is 15.5. The molecule has 0 aromatic heterocycles. The second kappa shape index (κ2) is 11.7. The first kappa shape index (κ1) is 23.9. The van der Waals surface area contributed by atoms with E-state index in [0.717, 1.165) is 24.2 Å². The van der Waals surface area contributed by atoms with Gasteiger partial charge in [0, 0.05) is 43.9 Å². The Morgan fingerprint density at radius 2 is 1.44 bits per heavy atom. The minimum atomic E-state index is -1.07. The van der Waals surface area contributed by atoms with Gasteiger partial charge in [0.05, 0.1) is 20.2 Å². The number of rotatable bonds is 10. The molecular formula is C25H33N3O4. The van der Waals surface area contributed by atoms with Gasteiger partial charge in [-0.15, -0.1) is 0 Å². The molecule has 1 fully saturated rings. The summed E-state index contributed by atoms with van der Waals surface area (Å²) >= 11 is 0. The molecule has 0 spiro atoms. The zero-order valence-corrected chi connectivity index (χ0v) is 18.8. The number of ether oxygens (including phenoxy) is 1. The van der Waals surface area contributed by atoms with Crippen LogP contribution in [0.5, 0.6) is 0 Å². The Morgan fingerprint density at radius 3 is 1.88 bits per heavy atom. The van der Waals surface area contributed by atoms with Crippen LogP contribution in [0.25, 0.3) is 0 Å². The molecule has 0 bridgehead atoms. The molecule has 0 atom stereocenters. The van der Waals surface area contributed by atoms with Gasteiger partial charge in [0.15, 0.2) is 0 Å². The van der Waals surface area contributed by atoms with Crippen molar-refractivity contribution in [2.45, 2.75) is 44.3 Å². The first-order valence-electron chi connectivity index (χ1n) is 11.2. The van der Waals surface area contributed by atoms with Gasteiger partial charge in [0.1, 0.15) is 0 Å². The van der Waals surface area contributed by atoms with Gasteiger partial charge in [-0.05, 0) is 24.0 Å². The van der Waals surface area contributed by atoms with Crippen molar-refractivity contribution in [3.8, 4) is 0 Å². The molecule has 0 unspecified atom stereocenters. The van der Waals surface area contributed by atoms with Gasteiger partial charge in [0.25, 0.3) is 0 Å². The molecule has 0 aliphatic carbocycles. The highest BCUT2D eigenvalue weighted by Gasteiger charge is 2.47. The number of nitrogens with zero attached hydrogens (tertiary/aromatic N) is 3. The summed E-state index contributed by atoms with van der Waals surface area (Å²) in [7, 11) is 1.37. The highest BCUT2D eigenvalue weighted by atomic mass is 16.6. The maximum Gasteiger partial charge on any atom is 0.305 e. The Morgan fingerprint density at radius 1 is 0.938 bits per heavy atom. The van der Waals surface area contributed by atoms with E-state index in [-0.39, 0.29) is 10.9 Å². The topological polar surface area (TPSA) is 75.9 Å². The van der Waals surface area contributed by atoms with Crippen LogP contribution in [0.15, 0.2) is 60.7 Å². The number of hydrogen-bond acceptors (Lipinski definition) is 6. The third-order valence-corrected chi connectivity index (χ3v) is 6.15. The number of nitro groups is 1. The molecule has 3 rings (SSSR count). The van der Waals surface area contributed by atoms with Crippen molar-refractivity contribution in [2.24, 2.45) is 0 Å². The van der Waals surface area contributed by atoms with E-state index >= 15 is 0 Å². The summed E-state index contributed by atoms with van der Waals surface area (Å²) in [6.07, 6.45) is 1.95. The van der Waals surface area contributed by atoms with Crippen LogP contribution < -0.4 is 0 Å². The molecule has 1 aliphatic rings. The molecule has 2 aromatic carbocycles. The van der Waals surface area contributed by atoms with Crippen molar-refractivity contribution >= 4 is 5.97 Å². The zero-order chi connectivity index (χ0) is 22.8. The van der Waals surface area contributed by atoms with E-state index in [0.29, 0.717) is 51.9 Å². The molecule has 2 aromatic rings. The predicted octanol–water partition coefficient (Wildman–Crippen LogP) is 3.75. The van der Waals surface area contributed by atoms with Crippen molar-refractivity contribution in [1.29, 1.82) is 0 Å². The third kappa shape index (κ3) is 6.87. The lowest BCUT2D eigenvalue weighted by atomic mass is 9.91. The molecule has 1 saturated heterocycles. The zero-order valence-electron chi connectivity index (χ0n) is 18.8. The predicted molar refractivity (Wildman–Crippen MR) is 124 cm³/mol. The van der Waals surface area contributed by atoms with Crippen LogP contribution in [0.2, 0.25) is 0 Å². The largest absolute Gasteiger partial charge is 0.469 e. The Balaban J connectivity index is 1.77. The number of esters is 1. The third-order valence-electron chi connectivity index (χ3n) is 6.15. The van der Waals surface area contributed by atoms with E-state index in [2.05, 4.69) is 34.1 Å². The molecule has 7 nitrogen and oxygen atoms in total. The van der Waals surface area contributed by atoms with E-state index in [1.807, 2.05) is 36.4 Å². The molecule has 0 saturated carbocycles. The maximum absolute atomic E-state index is 12.5. The van der Waals surface area contributed by atoms with Gasteiger partial charge < -0.3 is 4.74 Å². The lowest BCUT2D eigenvalue weighted by molar-refractivity contribution is -0.571. The SMILES string of the molecule is COC(=O)CCCCC1([N+](=O)[O-])CN(Cc2ccccc2)CCN(Cc2ccccc2)C1. The van der Waals surface area contributed by atoms with Gasteiger partial charge in [-0.1, -0.05) is 60.7 Å². The highest BCUT2D eigenvalue weighted by molar-refractivity contribution is 5.68. The fraction of sp³-hybridized carbons (Fsp3) is 0.480. The number of carbonyl (C=O) groups is 1. The standard InChI is InChI=1S/C25H33N3O4/c1-32-24(29)14-8-9-15-25(28(30)31)20-26(18-22-10-4-2-5-11-22)16-17-27(21-25)19-23-12-6-3-7-13-23/h2-7,10-13H,8-9,14-21H2,1H3. The minimum Gasteiger partial charge on any atom is -0.469 e. The summed E-state index contributed by atoms with van der Waals surface area (Å²) in [6.45, 7) is 3.74. The van der Waals surface area contributed by atoms with Crippen LogP contribution in [-0.2, 0) is 22.6 Å². The summed E-state index contributed by atoms with van der Waals surface area (Å²) in [6, 6.07) is 20.2. The number of methoxy groups -OCH3 is 1. The molecule has 0 N–H and O–H groups in total. The van der Waals surface area contributed by atoms with E-state index < -0.39 is 5.54 Å². The van der Waals surface area contributed by atoms with Crippen LogP contribution in [0.4, 0.5) is 0 Å². The summed E-state index contributed by atoms with van der Waals surface area (Å²) in [5, 5.41) is 12.5. The summed E-state index contributed by atoms with van der Waals surface area (Å²) in [5.41, 5.74) is 1.25. The van der Waals surface area contributed by atoms with Crippen LogP contribution in [0.1, 0.15) is 36.8 Å². The average Bonchev–Trinajstić information content (AvgIpc) is 2.98. The molecule has 0 radical (unpaired) electrons. The summed E-state index contributed by atoms with van der Waals surface area (Å²) < 4.78 is 4.71. The second-order valence-corrected chi connectivity index (χ2v) is 8.66. The molecule has 172 valence electrons. The van der Waals surface area contributed by atoms with Crippen molar-refractivity contribution < 1.29 is 14.5 Å². The van der Waals surface area contributed by atoms with Crippen molar-refractivity contribution in [3.05, 3.63) is 81.9 Å². The molecular weight excluding hydrogens is 406 g/mol. The lowest BCUT2D eigenvalue weighted by Crippen LogP contribution is -2.52. The van der Waals surface area contributed by atoms with Crippen LogP contribution in [0.3, 0.4) is 0 Å². The number of benzene rings is 2. The van der Waals surface area contributed by atoms with Gasteiger partial charge >= 0.3 is 5.97 Å². The number of hydrogen-bond donors (Lipinski definition) is 0. The number of unbranched alkanes of at least 4 members (excludes halogenated alkanes) is 1. The van der Waals surface area contributed by atoms with Gasteiger partial charge in [-0.25, -0.2) is 0 Å². The van der Waals surface area contributed by atoms with Gasteiger partial charge in [-0.3, -0.25) is 24.7 Å². The normalized spacial score (nSPS) is 16.9. The van der Waals surface area contributed by atoms with E-state index in [1.54, 1.807) is 0 Å². The summed E-state index contributed by atoms with van der Waals surface area (Å²) in [4.78, 5) is 28.3. The molecule has 1 aliphatic heterocycles. The molecule has 32 heavy (non-hydrogen) atoms. The molecule has 1 heterocycles. The number of carbonyl (C=O) groups excluding carboxylic acids is 1. The quantitative estimate of drug-likeness (QED) is 0.243. The Hall–Kier alpha value is -2.77. The molecule has 7 heteroatoms. The van der Waals surface area contributed by atoms with E-state index in [9.17, 15) is 14.9 Å². The monoisotopic (exact) mass is 439 g/mol. The van der Waals surface area contributed by atoms with Crippen LogP contribution in [0, 0.1) is 10.1 Å². The maximum atomic E-state index is 12.5. The highest BCUT2D eigenvalue weighted by Crippen LogP contribution is 2.27. The first-order valence-corrected chi connectivity index (χ1v) is 11.2. The smallest absolute Gasteiger partial charge is 0.305 e. The van der Waals surface area contributed by atoms with Crippen molar-refractivity contribution in [2.75, 3.05) is 33.3 Å². The van der Waals surface area contributed by atoms with Crippen LogP contribution >= 0.6 is 0 Å². The second-order valence-electron chi connectivity index (χ2n) is 8.66. The molecule has 0 amide bonds. The Labute approximate surface area is 190 Å². The van der Waals surface area contributed by atoms with E-state index in [4.69, 9.17) is 4.74 Å². The van der Waals surface area contributed by atoms with Gasteiger partial charge in [-0.2, -0.15) is 0 Å². The van der Waals surface area contributed by atoms with Crippen LogP contribution in [-0.4, -0.2) is 59.5 Å². The summed E-state index contributed by atoms with van der Waals surface area (Å²) in [5.74, 6) is -0.266.